The van der Waals surface area contributed by atoms with E-state index in [1.54, 1.807) is 0 Å². The Balaban J connectivity index is 1.32. The fraction of sp³-hybridized carbons (Fsp3) is 0.195. The molecule has 0 bridgehead atoms. The molecule has 0 unspecified atom stereocenters. The SMILES string of the molecule is CC(C)(C)c1ccc2c(c1)B1c3cc(C(C)(C)C)ccc3Oc3c1c(cc1cc(-c4ccnc(-c5ccccc5)c4)ccc31)O2. The highest BCUT2D eigenvalue weighted by atomic mass is 16.5. The van der Waals surface area contributed by atoms with Crippen LogP contribution in [0.15, 0.2) is 109 Å². The van der Waals surface area contributed by atoms with Gasteiger partial charge in [-0.05, 0) is 85.8 Å². The van der Waals surface area contributed by atoms with Crippen LogP contribution in [0.4, 0.5) is 0 Å². The Bertz CT molecular complexity index is 2110. The van der Waals surface area contributed by atoms with Crippen LogP contribution in [0.2, 0.25) is 0 Å². The molecule has 5 aromatic carbocycles. The fourth-order valence-electron chi connectivity index (χ4n) is 6.76. The number of hydrogen-bond donors (Lipinski definition) is 0. The number of ether oxygens (including phenoxy) is 2. The summed E-state index contributed by atoms with van der Waals surface area (Å²) in [6.07, 6.45) is 1.89. The molecule has 0 fully saturated rings. The van der Waals surface area contributed by atoms with E-state index in [1.807, 2.05) is 24.4 Å². The Morgan fingerprint density at radius 1 is 0.556 bits per heavy atom. The van der Waals surface area contributed by atoms with Gasteiger partial charge in [-0.2, -0.15) is 0 Å². The summed E-state index contributed by atoms with van der Waals surface area (Å²) >= 11 is 0. The van der Waals surface area contributed by atoms with Crippen LogP contribution >= 0.6 is 0 Å². The van der Waals surface area contributed by atoms with Crippen LogP contribution in [-0.2, 0) is 10.8 Å². The molecular weight excluding hydrogens is 549 g/mol. The summed E-state index contributed by atoms with van der Waals surface area (Å²) in [5.41, 5.74) is 10.5. The van der Waals surface area contributed by atoms with Gasteiger partial charge in [0.15, 0.2) is 0 Å². The van der Waals surface area contributed by atoms with E-state index in [0.717, 1.165) is 61.6 Å². The lowest BCUT2D eigenvalue weighted by molar-refractivity contribution is 0.467. The number of benzene rings is 5. The fourth-order valence-corrected chi connectivity index (χ4v) is 6.76. The summed E-state index contributed by atoms with van der Waals surface area (Å²) < 4.78 is 13.6. The van der Waals surface area contributed by atoms with E-state index in [0.29, 0.717) is 0 Å². The van der Waals surface area contributed by atoms with Gasteiger partial charge in [-0.3, -0.25) is 4.98 Å². The minimum atomic E-state index is 0.0183. The minimum absolute atomic E-state index is 0.0183. The van der Waals surface area contributed by atoms with Crippen molar-refractivity contribution in [1.29, 1.82) is 0 Å². The third kappa shape index (κ3) is 4.63. The van der Waals surface area contributed by atoms with Crippen LogP contribution < -0.4 is 25.9 Å². The van der Waals surface area contributed by atoms with Crippen molar-refractivity contribution in [3.05, 3.63) is 120 Å². The Morgan fingerprint density at radius 3 is 1.87 bits per heavy atom. The summed E-state index contributed by atoms with van der Waals surface area (Å²) in [7, 11) is 0. The molecule has 220 valence electrons. The first-order chi connectivity index (χ1) is 21.5. The molecule has 0 atom stereocenters. The van der Waals surface area contributed by atoms with Crippen LogP contribution in [-0.4, -0.2) is 11.7 Å². The predicted molar refractivity (Wildman–Crippen MR) is 188 cm³/mol. The second-order valence-electron chi connectivity index (χ2n) is 14.5. The molecule has 3 heterocycles. The molecule has 3 nitrogen and oxygen atoms in total. The van der Waals surface area contributed by atoms with E-state index in [-0.39, 0.29) is 17.5 Å². The highest BCUT2D eigenvalue weighted by Gasteiger charge is 2.42. The van der Waals surface area contributed by atoms with E-state index < -0.39 is 0 Å². The Kier molecular flexibility index (Phi) is 6.06. The van der Waals surface area contributed by atoms with Gasteiger partial charge in [-0.25, -0.2) is 0 Å². The molecule has 0 amide bonds. The van der Waals surface area contributed by atoms with Crippen LogP contribution in [0, 0.1) is 0 Å². The minimum Gasteiger partial charge on any atom is -0.458 e. The third-order valence-electron chi connectivity index (χ3n) is 9.35. The first-order valence-corrected chi connectivity index (χ1v) is 15.8. The third-order valence-corrected chi connectivity index (χ3v) is 9.35. The summed E-state index contributed by atoms with van der Waals surface area (Å²) in [5.74, 6) is 3.58. The topological polar surface area (TPSA) is 31.4 Å². The molecule has 0 radical (unpaired) electrons. The van der Waals surface area contributed by atoms with E-state index in [1.165, 1.54) is 22.1 Å². The Morgan fingerprint density at radius 2 is 1.20 bits per heavy atom. The summed E-state index contributed by atoms with van der Waals surface area (Å²) in [4.78, 5) is 4.64. The van der Waals surface area contributed by atoms with Gasteiger partial charge in [0, 0.05) is 22.6 Å². The highest BCUT2D eigenvalue weighted by molar-refractivity contribution is 6.98. The first kappa shape index (κ1) is 27.7. The molecule has 45 heavy (non-hydrogen) atoms. The standard InChI is InChI=1S/C41H36BNO2/c1-40(2,3)29-13-16-35-32(23-29)42-33-24-30(41(4,5)6)14-17-36(33)45-39-31-15-12-26(20-28(31)22-37(44-35)38(39)42)27-18-19-43-34(21-27)25-10-8-7-9-11-25/h7-24H,1-6H3. The normalized spacial score (nSPS) is 13.4. The number of aromatic nitrogens is 1. The van der Waals surface area contributed by atoms with Gasteiger partial charge in [0.1, 0.15) is 23.0 Å². The Labute approximate surface area is 266 Å². The van der Waals surface area contributed by atoms with Crippen LogP contribution in [0.25, 0.3) is 33.2 Å². The van der Waals surface area contributed by atoms with Crippen molar-refractivity contribution in [2.24, 2.45) is 0 Å². The maximum atomic E-state index is 6.85. The summed E-state index contributed by atoms with van der Waals surface area (Å²) in [6, 6.07) is 36.9. The summed E-state index contributed by atoms with van der Waals surface area (Å²) in [6.45, 7) is 13.6. The molecule has 2 aliphatic heterocycles. The molecule has 2 aliphatic rings. The smallest absolute Gasteiger partial charge is 0.260 e. The molecule has 0 saturated carbocycles. The lowest BCUT2D eigenvalue weighted by Gasteiger charge is -2.35. The van der Waals surface area contributed by atoms with E-state index >= 15 is 0 Å². The average molecular weight is 586 g/mol. The van der Waals surface area contributed by atoms with Gasteiger partial charge in [-0.1, -0.05) is 108 Å². The van der Waals surface area contributed by atoms with Crippen molar-refractivity contribution in [3.63, 3.8) is 0 Å². The molecule has 1 aromatic heterocycles. The first-order valence-electron chi connectivity index (χ1n) is 15.8. The highest BCUT2D eigenvalue weighted by Crippen LogP contribution is 2.42. The number of pyridine rings is 1. The van der Waals surface area contributed by atoms with Crippen LogP contribution in [0.5, 0.6) is 23.0 Å². The van der Waals surface area contributed by atoms with E-state index in [4.69, 9.17) is 9.47 Å². The number of rotatable bonds is 2. The van der Waals surface area contributed by atoms with Gasteiger partial charge in [0.2, 0.25) is 0 Å². The monoisotopic (exact) mass is 585 g/mol. The summed E-state index contributed by atoms with van der Waals surface area (Å²) in [5, 5.41) is 2.17. The zero-order valence-corrected chi connectivity index (χ0v) is 26.7. The lowest BCUT2D eigenvalue weighted by atomic mass is 9.34. The maximum Gasteiger partial charge on any atom is 0.260 e. The van der Waals surface area contributed by atoms with Crippen molar-refractivity contribution in [1.82, 2.24) is 4.98 Å². The molecular formula is C41H36BNO2. The number of hydrogen-bond acceptors (Lipinski definition) is 3. The molecule has 0 spiro atoms. The van der Waals surface area contributed by atoms with E-state index in [9.17, 15) is 0 Å². The van der Waals surface area contributed by atoms with Crippen molar-refractivity contribution in [2.75, 3.05) is 0 Å². The van der Waals surface area contributed by atoms with Gasteiger partial charge in [-0.15, -0.1) is 0 Å². The van der Waals surface area contributed by atoms with Crippen molar-refractivity contribution in [2.45, 2.75) is 52.4 Å². The van der Waals surface area contributed by atoms with Gasteiger partial charge < -0.3 is 9.47 Å². The molecule has 0 N–H and O–H groups in total. The van der Waals surface area contributed by atoms with Crippen LogP contribution in [0.1, 0.15) is 52.7 Å². The Hall–Kier alpha value is -4.83. The van der Waals surface area contributed by atoms with Crippen molar-refractivity contribution < 1.29 is 9.47 Å². The quantitative estimate of drug-likeness (QED) is 0.190. The number of nitrogens with zero attached hydrogens (tertiary/aromatic N) is 1. The van der Waals surface area contributed by atoms with E-state index in [2.05, 4.69) is 131 Å². The number of fused-ring (bicyclic) bond motifs is 6. The zero-order chi connectivity index (χ0) is 31.1. The molecule has 8 rings (SSSR count). The van der Waals surface area contributed by atoms with Gasteiger partial charge in [0.05, 0.1) is 5.69 Å². The average Bonchev–Trinajstić information content (AvgIpc) is 3.03. The second kappa shape index (κ2) is 9.84. The lowest BCUT2D eigenvalue weighted by Crippen LogP contribution is -2.57. The van der Waals surface area contributed by atoms with Crippen LogP contribution in [0.3, 0.4) is 0 Å². The van der Waals surface area contributed by atoms with Gasteiger partial charge in [0.25, 0.3) is 6.71 Å². The molecule has 6 aromatic rings. The zero-order valence-electron chi connectivity index (χ0n) is 26.7. The molecule has 0 saturated heterocycles. The predicted octanol–water partition coefficient (Wildman–Crippen LogP) is 8.89. The van der Waals surface area contributed by atoms with Crippen molar-refractivity contribution >= 4 is 33.9 Å². The molecule has 4 heteroatoms. The van der Waals surface area contributed by atoms with Gasteiger partial charge >= 0.3 is 0 Å². The maximum absolute atomic E-state index is 6.85. The second-order valence-corrected chi connectivity index (χ2v) is 14.5. The molecule has 0 aliphatic carbocycles. The largest absolute Gasteiger partial charge is 0.458 e. The van der Waals surface area contributed by atoms with Crippen molar-refractivity contribution in [3.8, 4) is 45.4 Å².